The lowest BCUT2D eigenvalue weighted by molar-refractivity contribution is -0.123. The number of halogens is 1. The number of rotatable bonds is 4. The second-order valence-electron chi connectivity index (χ2n) is 5.93. The van der Waals surface area contributed by atoms with Crippen LogP contribution >= 0.6 is 22.9 Å². The van der Waals surface area contributed by atoms with Crippen molar-refractivity contribution in [1.29, 1.82) is 0 Å². The molecule has 7 nitrogen and oxygen atoms in total. The average molecular weight is 406 g/mol. The number of aromatic nitrogens is 2. The van der Waals surface area contributed by atoms with Crippen molar-refractivity contribution >= 4 is 50.7 Å². The molecule has 2 N–H and O–H groups in total. The number of amides is 1. The van der Waals surface area contributed by atoms with Gasteiger partial charge in [-0.15, -0.1) is 11.3 Å². The van der Waals surface area contributed by atoms with Crippen molar-refractivity contribution in [2.24, 2.45) is 0 Å². The maximum Gasteiger partial charge on any atom is 0.349 e. The first kappa shape index (κ1) is 19.1. The maximum atomic E-state index is 12.5. The highest BCUT2D eigenvalue weighted by atomic mass is 35.5. The summed E-state index contributed by atoms with van der Waals surface area (Å²) >= 11 is 6.87. The summed E-state index contributed by atoms with van der Waals surface area (Å²) in [5, 5.41) is 3.55. The van der Waals surface area contributed by atoms with Crippen LogP contribution in [0, 0.1) is 13.8 Å². The van der Waals surface area contributed by atoms with E-state index in [2.05, 4.69) is 15.3 Å². The summed E-state index contributed by atoms with van der Waals surface area (Å²) in [5.41, 5.74) is 0.717. The zero-order valence-corrected chi connectivity index (χ0v) is 16.3. The third kappa shape index (κ3) is 4.01. The van der Waals surface area contributed by atoms with Gasteiger partial charge in [-0.3, -0.25) is 9.59 Å². The van der Waals surface area contributed by atoms with E-state index < -0.39 is 18.0 Å². The second-order valence-corrected chi connectivity index (χ2v) is 7.37. The van der Waals surface area contributed by atoms with Crippen molar-refractivity contribution in [1.82, 2.24) is 9.97 Å². The van der Waals surface area contributed by atoms with Crippen molar-refractivity contribution in [3.63, 3.8) is 0 Å². The zero-order valence-electron chi connectivity index (χ0n) is 14.8. The van der Waals surface area contributed by atoms with Crippen LogP contribution < -0.4 is 10.9 Å². The number of thiophene rings is 1. The molecule has 3 aromatic rings. The quantitative estimate of drug-likeness (QED) is 0.647. The SMILES string of the molecule is Cc1nc2sc(C(=O)OC(C)C(=O)Nc3ccc(Cl)cc3)c(C)c2c(=O)[nH]1. The number of nitrogens with one attached hydrogen (secondary N) is 2. The number of hydrogen-bond donors (Lipinski definition) is 2. The third-order valence-electron chi connectivity index (χ3n) is 3.87. The summed E-state index contributed by atoms with van der Waals surface area (Å²) in [4.78, 5) is 44.4. The molecule has 0 saturated heterocycles. The molecular weight excluding hydrogens is 390 g/mol. The first-order chi connectivity index (χ1) is 12.8. The number of anilines is 1. The van der Waals surface area contributed by atoms with Crippen molar-refractivity contribution < 1.29 is 14.3 Å². The summed E-state index contributed by atoms with van der Waals surface area (Å²) < 4.78 is 5.27. The van der Waals surface area contributed by atoms with Gasteiger partial charge in [0.15, 0.2) is 6.10 Å². The van der Waals surface area contributed by atoms with E-state index in [1.807, 2.05) is 0 Å². The van der Waals surface area contributed by atoms with Gasteiger partial charge in [-0.2, -0.15) is 0 Å². The lowest BCUT2D eigenvalue weighted by Gasteiger charge is -2.13. The van der Waals surface area contributed by atoms with Gasteiger partial charge in [-0.05, 0) is 50.6 Å². The van der Waals surface area contributed by atoms with Crippen molar-refractivity contribution in [2.75, 3.05) is 5.32 Å². The Morgan fingerprint density at radius 2 is 1.93 bits per heavy atom. The minimum atomic E-state index is -1.02. The van der Waals surface area contributed by atoms with Gasteiger partial charge in [0.2, 0.25) is 0 Å². The summed E-state index contributed by atoms with van der Waals surface area (Å²) in [5.74, 6) is -0.688. The monoisotopic (exact) mass is 405 g/mol. The molecule has 1 unspecified atom stereocenters. The van der Waals surface area contributed by atoms with E-state index in [9.17, 15) is 14.4 Å². The lowest BCUT2D eigenvalue weighted by atomic mass is 10.2. The number of aromatic amines is 1. The van der Waals surface area contributed by atoms with Gasteiger partial charge in [0.05, 0.1) is 5.39 Å². The average Bonchev–Trinajstić information content (AvgIpc) is 2.93. The van der Waals surface area contributed by atoms with E-state index in [1.165, 1.54) is 6.92 Å². The lowest BCUT2D eigenvalue weighted by Crippen LogP contribution is -2.29. The van der Waals surface area contributed by atoms with Gasteiger partial charge >= 0.3 is 5.97 Å². The largest absolute Gasteiger partial charge is 0.448 e. The van der Waals surface area contributed by atoms with E-state index in [4.69, 9.17) is 16.3 Å². The fourth-order valence-corrected chi connectivity index (χ4v) is 3.73. The van der Waals surface area contributed by atoms with Crippen LogP contribution in [0.1, 0.15) is 28.0 Å². The number of benzene rings is 1. The summed E-state index contributed by atoms with van der Waals surface area (Å²) in [6.07, 6.45) is -1.02. The number of ether oxygens (including phenoxy) is 1. The molecule has 0 fully saturated rings. The molecule has 2 aromatic heterocycles. The van der Waals surface area contributed by atoms with E-state index in [0.29, 0.717) is 32.3 Å². The van der Waals surface area contributed by atoms with Crippen LogP contribution in [0.2, 0.25) is 5.02 Å². The molecule has 140 valence electrons. The molecule has 2 heterocycles. The fraction of sp³-hybridized carbons (Fsp3) is 0.222. The number of hydrogen-bond acceptors (Lipinski definition) is 6. The highest BCUT2D eigenvalue weighted by Gasteiger charge is 2.24. The molecule has 0 spiro atoms. The van der Waals surface area contributed by atoms with Crippen LogP contribution in [0.15, 0.2) is 29.1 Å². The zero-order chi connectivity index (χ0) is 19.7. The molecule has 1 aromatic carbocycles. The number of fused-ring (bicyclic) bond motifs is 1. The number of H-pyrrole nitrogens is 1. The first-order valence-corrected chi connectivity index (χ1v) is 9.23. The van der Waals surface area contributed by atoms with Crippen molar-refractivity contribution in [3.05, 3.63) is 55.9 Å². The smallest absolute Gasteiger partial charge is 0.349 e. The molecule has 0 aliphatic heterocycles. The van der Waals surface area contributed by atoms with Gasteiger partial charge in [0, 0.05) is 10.7 Å². The molecule has 1 amide bonds. The molecule has 3 rings (SSSR count). The molecule has 1 atom stereocenters. The van der Waals surface area contributed by atoms with E-state index in [0.717, 1.165) is 11.3 Å². The Balaban J connectivity index is 1.76. The maximum absolute atomic E-state index is 12.5. The van der Waals surface area contributed by atoms with Crippen molar-refractivity contribution in [3.8, 4) is 0 Å². The molecule has 27 heavy (non-hydrogen) atoms. The number of carbonyl (C=O) groups excluding carboxylic acids is 2. The molecule has 0 aliphatic rings. The summed E-state index contributed by atoms with van der Waals surface area (Å²) in [7, 11) is 0. The number of esters is 1. The molecule has 0 saturated carbocycles. The Kier molecular flexibility index (Phi) is 5.29. The van der Waals surface area contributed by atoms with Crippen LogP contribution in [0.4, 0.5) is 5.69 Å². The highest BCUT2D eigenvalue weighted by Crippen LogP contribution is 2.28. The topological polar surface area (TPSA) is 101 Å². The Bertz CT molecular complexity index is 1090. The number of nitrogens with zero attached hydrogens (tertiary/aromatic N) is 1. The Labute approximate surface area is 163 Å². The predicted octanol–water partition coefficient (Wildman–Crippen LogP) is 3.44. The number of aryl methyl sites for hydroxylation is 2. The van der Waals surface area contributed by atoms with Gasteiger partial charge in [0.1, 0.15) is 15.5 Å². The summed E-state index contributed by atoms with van der Waals surface area (Å²) in [6.45, 7) is 4.79. The Hall–Kier alpha value is -2.71. The molecule has 0 bridgehead atoms. The van der Waals surface area contributed by atoms with Gasteiger partial charge < -0.3 is 15.0 Å². The predicted molar refractivity (Wildman–Crippen MR) is 105 cm³/mol. The molecule has 0 aliphatic carbocycles. The molecular formula is C18H16ClN3O4S. The van der Waals surface area contributed by atoms with Crippen LogP contribution in [-0.4, -0.2) is 27.9 Å². The van der Waals surface area contributed by atoms with Crippen LogP contribution in [0.25, 0.3) is 10.2 Å². The standard InChI is InChI=1S/C18H16ClN3O4S/c1-8-13-16(24)20-10(3)21-17(13)27-14(8)18(25)26-9(2)15(23)22-12-6-4-11(19)5-7-12/h4-7,9H,1-3H3,(H,22,23)(H,20,21,24). The normalized spacial score (nSPS) is 12.0. The highest BCUT2D eigenvalue weighted by molar-refractivity contribution is 7.20. The van der Waals surface area contributed by atoms with Gasteiger partial charge in [-0.1, -0.05) is 11.6 Å². The first-order valence-electron chi connectivity index (χ1n) is 8.03. The molecule has 0 radical (unpaired) electrons. The minimum absolute atomic E-state index is 0.250. The number of carbonyl (C=O) groups is 2. The Morgan fingerprint density at radius 3 is 2.59 bits per heavy atom. The fourth-order valence-electron chi connectivity index (χ4n) is 2.49. The third-order valence-corrected chi connectivity index (χ3v) is 5.29. The Morgan fingerprint density at radius 1 is 1.26 bits per heavy atom. The van der Waals surface area contributed by atoms with Gasteiger partial charge in [0.25, 0.3) is 11.5 Å². The second kappa shape index (κ2) is 7.50. The van der Waals surface area contributed by atoms with Crippen LogP contribution in [0.5, 0.6) is 0 Å². The van der Waals surface area contributed by atoms with E-state index >= 15 is 0 Å². The van der Waals surface area contributed by atoms with Gasteiger partial charge in [-0.25, -0.2) is 9.78 Å². The van der Waals surface area contributed by atoms with E-state index in [1.54, 1.807) is 38.1 Å². The van der Waals surface area contributed by atoms with Crippen molar-refractivity contribution in [2.45, 2.75) is 26.9 Å². The molecule has 9 heteroatoms. The van der Waals surface area contributed by atoms with Crippen LogP contribution in [-0.2, 0) is 9.53 Å². The van der Waals surface area contributed by atoms with E-state index in [-0.39, 0.29) is 10.4 Å². The minimum Gasteiger partial charge on any atom is -0.448 e. The summed E-state index contributed by atoms with van der Waals surface area (Å²) in [6, 6.07) is 6.57. The van der Waals surface area contributed by atoms with Crippen LogP contribution in [0.3, 0.4) is 0 Å².